The fourth-order valence-corrected chi connectivity index (χ4v) is 3.15. The highest BCUT2D eigenvalue weighted by Crippen LogP contribution is 2.37. The summed E-state index contributed by atoms with van der Waals surface area (Å²) in [5.41, 5.74) is 2.24. The predicted octanol–water partition coefficient (Wildman–Crippen LogP) is 2.38. The zero-order valence-corrected chi connectivity index (χ0v) is 17.8. The molecule has 32 heavy (non-hydrogen) atoms. The van der Waals surface area contributed by atoms with Crippen molar-refractivity contribution in [3.63, 3.8) is 0 Å². The number of carboxylic acids is 2. The van der Waals surface area contributed by atoms with Gasteiger partial charge < -0.3 is 29.3 Å². The van der Waals surface area contributed by atoms with Crippen LogP contribution in [0.2, 0.25) is 0 Å². The summed E-state index contributed by atoms with van der Waals surface area (Å²) in [4.78, 5) is 30.8. The van der Waals surface area contributed by atoms with Crippen molar-refractivity contribution < 1.29 is 38.9 Å². The molecule has 0 bridgehead atoms. The molecule has 2 aromatic carbocycles. The number of methoxy groups -OCH3 is 2. The first-order valence-electron chi connectivity index (χ1n) is 9.47. The molecule has 2 N–H and O–H groups in total. The number of hydrogen-bond donors (Lipinski definition) is 2. The number of carboxylic acid groups (broad SMARTS) is 2. The van der Waals surface area contributed by atoms with Gasteiger partial charge in [0.1, 0.15) is 11.9 Å². The molecule has 0 aromatic heterocycles. The van der Waals surface area contributed by atoms with Crippen LogP contribution in [0.5, 0.6) is 17.2 Å². The summed E-state index contributed by atoms with van der Waals surface area (Å²) in [6, 6.07) is 10.1. The summed E-state index contributed by atoms with van der Waals surface area (Å²) < 4.78 is 17.0. The summed E-state index contributed by atoms with van der Waals surface area (Å²) in [7, 11) is 5.28. The number of nitro groups is 1. The van der Waals surface area contributed by atoms with Gasteiger partial charge in [0.25, 0.3) is 5.69 Å². The minimum Gasteiger partial charge on any atom is -0.493 e. The fourth-order valence-electron chi connectivity index (χ4n) is 3.15. The zero-order valence-electron chi connectivity index (χ0n) is 17.8. The highest BCUT2D eigenvalue weighted by molar-refractivity contribution is 6.27. The van der Waals surface area contributed by atoms with Gasteiger partial charge in [-0.3, -0.25) is 10.1 Å². The van der Waals surface area contributed by atoms with Gasteiger partial charge in [0.05, 0.1) is 19.1 Å². The minimum absolute atomic E-state index is 0.0436. The average Bonchev–Trinajstić information content (AvgIpc) is 2.91. The standard InChI is InChI=1S/C19H22N2O5.C2H2O4/c1-20-9-8-13-10-17(24-2)18(25-3)11-16(13)19(12-20)26-15-6-4-14(5-7-15)21(22)23;3-1(4)2(5)6/h4-7,10-11,19H,8-9,12H2,1-3H3;(H,3,4)(H,5,6). The Morgan fingerprint density at radius 1 is 1.06 bits per heavy atom. The van der Waals surface area contributed by atoms with Gasteiger partial charge in [0, 0.05) is 30.8 Å². The number of nitro benzene ring substituents is 1. The molecular formula is C21H24N2O9. The highest BCUT2D eigenvalue weighted by atomic mass is 16.6. The molecular weight excluding hydrogens is 424 g/mol. The molecule has 1 aliphatic heterocycles. The summed E-state index contributed by atoms with van der Waals surface area (Å²) >= 11 is 0. The normalized spacial score (nSPS) is 15.3. The van der Waals surface area contributed by atoms with Crippen LogP contribution in [-0.4, -0.2) is 66.3 Å². The number of non-ortho nitro benzene ring substituents is 1. The van der Waals surface area contributed by atoms with E-state index in [1.54, 1.807) is 26.4 Å². The van der Waals surface area contributed by atoms with Gasteiger partial charge in [-0.05, 0) is 43.3 Å². The van der Waals surface area contributed by atoms with E-state index in [-0.39, 0.29) is 11.8 Å². The highest BCUT2D eigenvalue weighted by Gasteiger charge is 2.25. The number of hydrogen-bond acceptors (Lipinski definition) is 8. The van der Waals surface area contributed by atoms with Gasteiger partial charge in [-0.25, -0.2) is 9.59 Å². The van der Waals surface area contributed by atoms with E-state index in [4.69, 9.17) is 34.0 Å². The largest absolute Gasteiger partial charge is 0.493 e. The Kier molecular flexibility index (Phi) is 8.36. The molecule has 0 spiro atoms. The van der Waals surface area contributed by atoms with Crippen LogP contribution in [0.4, 0.5) is 5.69 Å². The topological polar surface area (TPSA) is 149 Å². The Hall–Kier alpha value is -3.86. The number of aliphatic carboxylic acids is 2. The molecule has 0 fully saturated rings. The van der Waals surface area contributed by atoms with Crippen LogP contribution in [0, 0.1) is 10.1 Å². The molecule has 1 atom stereocenters. The van der Waals surface area contributed by atoms with E-state index in [9.17, 15) is 10.1 Å². The number of rotatable bonds is 5. The number of nitrogens with zero attached hydrogens (tertiary/aromatic N) is 2. The molecule has 0 radical (unpaired) electrons. The van der Waals surface area contributed by atoms with Gasteiger partial charge in [0.2, 0.25) is 0 Å². The van der Waals surface area contributed by atoms with Crippen molar-refractivity contribution in [2.45, 2.75) is 12.5 Å². The lowest BCUT2D eigenvalue weighted by Gasteiger charge is -2.23. The van der Waals surface area contributed by atoms with Crippen molar-refractivity contribution in [1.29, 1.82) is 0 Å². The van der Waals surface area contributed by atoms with Crippen LogP contribution in [0.3, 0.4) is 0 Å². The quantitative estimate of drug-likeness (QED) is 0.397. The lowest BCUT2D eigenvalue weighted by Crippen LogP contribution is -2.26. The Balaban J connectivity index is 0.000000534. The Morgan fingerprint density at radius 2 is 1.62 bits per heavy atom. The molecule has 172 valence electrons. The van der Waals surface area contributed by atoms with Crippen molar-refractivity contribution in [2.24, 2.45) is 0 Å². The SMILES string of the molecule is COc1cc2c(cc1OC)C(Oc1ccc([N+](=O)[O-])cc1)CN(C)CC2.O=C(O)C(=O)O. The summed E-state index contributed by atoms with van der Waals surface area (Å²) in [5.74, 6) is -1.69. The van der Waals surface area contributed by atoms with Crippen molar-refractivity contribution >= 4 is 17.6 Å². The molecule has 2 aromatic rings. The third kappa shape index (κ3) is 6.32. The van der Waals surface area contributed by atoms with Crippen LogP contribution >= 0.6 is 0 Å². The monoisotopic (exact) mass is 448 g/mol. The smallest absolute Gasteiger partial charge is 0.414 e. The fraction of sp³-hybridized carbons (Fsp3) is 0.333. The first-order valence-corrected chi connectivity index (χ1v) is 9.47. The average molecular weight is 448 g/mol. The number of ether oxygens (including phenoxy) is 3. The van der Waals surface area contributed by atoms with Crippen LogP contribution in [0.15, 0.2) is 36.4 Å². The third-order valence-corrected chi connectivity index (χ3v) is 4.74. The molecule has 1 heterocycles. The van der Waals surface area contributed by atoms with Gasteiger partial charge in [0.15, 0.2) is 11.5 Å². The van der Waals surface area contributed by atoms with Crippen molar-refractivity contribution in [2.75, 3.05) is 34.4 Å². The van der Waals surface area contributed by atoms with E-state index in [1.165, 1.54) is 12.1 Å². The second kappa shape index (κ2) is 11.0. The first kappa shape index (κ1) is 24.4. The van der Waals surface area contributed by atoms with Crippen LogP contribution in [0.25, 0.3) is 0 Å². The number of benzene rings is 2. The van der Waals surface area contributed by atoms with Crippen molar-refractivity contribution in [1.82, 2.24) is 4.90 Å². The Morgan fingerprint density at radius 3 is 2.12 bits per heavy atom. The molecule has 0 saturated heterocycles. The van der Waals surface area contributed by atoms with E-state index >= 15 is 0 Å². The maximum atomic E-state index is 10.8. The molecule has 0 saturated carbocycles. The maximum Gasteiger partial charge on any atom is 0.414 e. The van der Waals surface area contributed by atoms with E-state index in [2.05, 4.69) is 4.90 Å². The van der Waals surface area contributed by atoms with Crippen LogP contribution < -0.4 is 14.2 Å². The summed E-state index contributed by atoms with van der Waals surface area (Å²) in [5, 5.41) is 25.6. The molecule has 1 aliphatic rings. The maximum absolute atomic E-state index is 10.8. The second-order valence-electron chi connectivity index (χ2n) is 6.89. The number of fused-ring (bicyclic) bond motifs is 1. The number of carbonyl (C=O) groups is 2. The van der Waals surface area contributed by atoms with Crippen molar-refractivity contribution in [3.05, 3.63) is 57.6 Å². The molecule has 11 nitrogen and oxygen atoms in total. The van der Waals surface area contributed by atoms with Crippen LogP contribution in [0.1, 0.15) is 17.2 Å². The molecule has 1 unspecified atom stereocenters. The van der Waals surface area contributed by atoms with Gasteiger partial charge in [-0.1, -0.05) is 0 Å². The number of likely N-dealkylation sites (N-methyl/N-ethyl adjacent to an activating group) is 1. The molecule has 0 amide bonds. The first-order chi connectivity index (χ1) is 15.2. The van der Waals surface area contributed by atoms with Gasteiger partial charge >= 0.3 is 11.9 Å². The summed E-state index contributed by atoms with van der Waals surface area (Å²) in [6.07, 6.45) is 0.672. The Bertz CT molecular complexity index is 964. The molecule has 11 heteroatoms. The van der Waals surface area contributed by atoms with Crippen LogP contribution in [-0.2, 0) is 16.0 Å². The lowest BCUT2D eigenvalue weighted by molar-refractivity contribution is -0.384. The second-order valence-corrected chi connectivity index (χ2v) is 6.89. The van der Waals surface area contributed by atoms with Crippen molar-refractivity contribution in [3.8, 4) is 17.2 Å². The zero-order chi connectivity index (χ0) is 23.8. The van der Waals surface area contributed by atoms with E-state index in [0.29, 0.717) is 23.8 Å². The summed E-state index contributed by atoms with van der Waals surface area (Å²) in [6.45, 7) is 1.61. The van der Waals surface area contributed by atoms with Gasteiger partial charge in [-0.2, -0.15) is 0 Å². The van der Waals surface area contributed by atoms with Gasteiger partial charge in [-0.15, -0.1) is 0 Å². The lowest BCUT2D eigenvalue weighted by atomic mass is 10.00. The van der Waals surface area contributed by atoms with E-state index in [1.807, 2.05) is 19.2 Å². The van der Waals surface area contributed by atoms with E-state index in [0.717, 1.165) is 24.1 Å². The Labute approximate surface area is 183 Å². The molecule has 3 rings (SSSR count). The minimum atomic E-state index is -1.82. The van der Waals surface area contributed by atoms with E-state index < -0.39 is 16.9 Å². The third-order valence-electron chi connectivity index (χ3n) is 4.74. The predicted molar refractivity (Wildman–Crippen MR) is 112 cm³/mol. The molecule has 0 aliphatic carbocycles.